The number of nitrogen functional groups attached to an aromatic ring is 1. The van der Waals surface area contributed by atoms with Crippen LogP contribution in [0.4, 0.5) is 14.6 Å². The fourth-order valence-electron chi connectivity index (χ4n) is 2.83. The summed E-state index contributed by atoms with van der Waals surface area (Å²) in [6.07, 6.45) is 3.74. The Morgan fingerprint density at radius 3 is 2.50 bits per heavy atom. The maximum Gasteiger partial charge on any atom is 0.190 e. The fraction of sp³-hybridized carbons (Fsp3) is 0.0526. The molecular formula is C19H14F2N6O2S. The monoisotopic (exact) mass is 428 g/mol. The third-order valence-electron chi connectivity index (χ3n) is 4.33. The third kappa shape index (κ3) is 3.50. The topological polar surface area (TPSA) is 117 Å². The van der Waals surface area contributed by atoms with Gasteiger partial charge in [-0.1, -0.05) is 18.2 Å². The molecule has 11 heteroatoms. The second-order valence-electron chi connectivity index (χ2n) is 6.38. The standard InChI is InChI=1S/C19H14F2N6O2S/c1-30(28,29)12-7-5-11(6-8-12)14-9-23-18(22)17(25-14)19-26-24-10-27(19)15-4-2-3-13(20)16(15)21/h2-10H,1H3,(H2,22,23). The summed E-state index contributed by atoms with van der Waals surface area (Å²) in [5.74, 6) is -2.01. The molecule has 4 aromatic rings. The number of anilines is 1. The average Bonchev–Trinajstić information content (AvgIpc) is 3.19. The summed E-state index contributed by atoms with van der Waals surface area (Å²) >= 11 is 0. The minimum absolute atomic E-state index is 0.0116. The van der Waals surface area contributed by atoms with Crippen LogP contribution < -0.4 is 5.73 Å². The molecule has 8 nitrogen and oxygen atoms in total. The van der Waals surface area contributed by atoms with Crippen molar-refractivity contribution in [3.05, 3.63) is 66.6 Å². The maximum atomic E-state index is 14.3. The first-order valence-corrected chi connectivity index (χ1v) is 10.4. The SMILES string of the molecule is CS(=O)(=O)c1ccc(-c2cnc(N)c(-c3nncn3-c3cccc(F)c3F)n2)cc1. The Morgan fingerprint density at radius 2 is 1.80 bits per heavy atom. The second kappa shape index (κ2) is 7.26. The minimum Gasteiger partial charge on any atom is -0.382 e. The number of rotatable bonds is 4. The number of nitrogens with two attached hydrogens (primary N) is 1. The molecule has 0 aliphatic heterocycles. The van der Waals surface area contributed by atoms with E-state index in [9.17, 15) is 17.2 Å². The first kappa shape index (κ1) is 19.6. The van der Waals surface area contributed by atoms with E-state index < -0.39 is 21.5 Å². The van der Waals surface area contributed by atoms with E-state index in [4.69, 9.17) is 5.73 Å². The lowest BCUT2D eigenvalue weighted by molar-refractivity contribution is 0.504. The Balaban J connectivity index is 1.81. The molecule has 0 saturated heterocycles. The van der Waals surface area contributed by atoms with Gasteiger partial charge in [0.1, 0.15) is 6.33 Å². The number of hydrogen-bond acceptors (Lipinski definition) is 7. The molecule has 152 valence electrons. The van der Waals surface area contributed by atoms with Gasteiger partial charge in [0.05, 0.1) is 22.5 Å². The Labute approximate surface area is 170 Å². The van der Waals surface area contributed by atoms with Crippen molar-refractivity contribution in [3.63, 3.8) is 0 Å². The Bertz CT molecular complexity index is 1350. The lowest BCUT2D eigenvalue weighted by Gasteiger charge is -2.10. The number of aromatic nitrogens is 5. The third-order valence-corrected chi connectivity index (χ3v) is 5.46. The quantitative estimate of drug-likeness (QED) is 0.531. The van der Waals surface area contributed by atoms with Crippen LogP contribution in [0, 0.1) is 11.6 Å². The number of hydrogen-bond donors (Lipinski definition) is 1. The van der Waals surface area contributed by atoms with E-state index >= 15 is 0 Å². The van der Waals surface area contributed by atoms with Gasteiger partial charge >= 0.3 is 0 Å². The van der Waals surface area contributed by atoms with Gasteiger partial charge in [0.2, 0.25) is 0 Å². The first-order chi connectivity index (χ1) is 14.3. The molecule has 2 aromatic carbocycles. The van der Waals surface area contributed by atoms with Gasteiger partial charge in [-0.3, -0.25) is 4.57 Å². The van der Waals surface area contributed by atoms with Crippen LogP contribution in [-0.4, -0.2) is 39.4 Å². The highest BCUT2D eigenvalue weighted by Crippen LogP contribution is 2.28. The van der Waals surface area contributed by atoms with Crippen molar-refractivity contribution < 1.29 is 17.2 Å². The molecule has 0 unspecified atom stereocenters. The molecule has 0 aliphatic rings. The molecule has 0 saturated carbocycles. The van der Waals surface area contributed by atoms with E-state index in [1.54, 1.807) is 12.1 Å². The number of sulfone groups is 1. The zero-order chi connectivity index (χ0) is 21.5. The van der Waals surface area contributed by atoms with Crippen LogP contribution >= 0.6 is 0 Å². The zero-order valence-electron chi connectivity index (χ0n) is 15.5. The van der Waals surface area contributed by atoms with Gasteiger partial charge in [-0.2, -0.15) is 0 Å². The molecule has 2 aromatic heterocycles. The van der Waals surface area contributed by atoms with Crippen molar-refractivity contribution in [1.82, 2.24) is 24.7 Å². The highest BCUT2D eigenvalue weighted by Gasteiger charge is 2.19. The molecule has 30 heavy (non-hydrogen) atoms. The molecule has 0 bridgehead atoms. The van der Waals surface area contributed by atoms with Gasteiger partial charge < -0.3 is 5.73 Å². The van der Waals surface area contributed by atoms with Crippen LogP contribution in [0.2, 0.25) is 0 Å². The van der Waals surface area contributed by atoms with Crippen LogP contribution in [0.25, 0.3) is 28.5 Å². The number of nitrogens with zero attached hydrogens (tertiary/aromatic N) is 5. The summed E-state index contributed by atoms with van der Waals surface area (Å²) in [7, 11) is -3.34. The summed E-state index contributed by atoms with van der Waals surface area (Å²) in [5, 5.41) is 7.70. The van der Waals surface area contributed by atoms with Gasteiger partial charge in [0.25, 0.3) is 0 Å². The van der Waals surface area contributed by atoms with Crippen LogP contribution in [-0.2, 0) is 9.84 Å². The maximum absolute atomic E-state index is 14.3. The highest BCUT2D eigenvalue weighted by molar-refractivity contribution is 7.90. The van der Waals surface area contributed by atoms with Crippen molar-refractivity contribution >= 4 is 15.7 Å². The van der Waals surface area contributed by atoms with Gasteiger partial charge in [-0.15, -0.1) is 10.2 Å². The van der Waals surface area contributed by atoms with E-state index in [0.29, 0.717) is 11.3 Å². The summed E-state index contributed by atoms with van der Waals surface area (Å²) in [6.45, 7) is 0. The van der Waals surface area contributed by atoms with Gasteiger partial charge in [-0.05, 0) is 24.3 Å². The van der Waals surface area contributed by atoms with Crippen LogP contribution in [0.1, 0.15) is 0 Å². The summed E-state index contributed by atoms with van der Waals surface area (Å²) < 4.78 is 52.4. The number of halogens is 2. The molecule has 4 rings (SSSR count). The van der Waals surface area contributed by atoms with Crippen LogP contribution in [0.15, 0.2) is 59.9 Å². The zero-order valence-corrected chi connectivity index (χ0v) is 16.3. The van der Waals surface area contributed by atoms with Crippen molar-refractivity contribution in [2.45, 2.75) is 4.90 Å². The Hall–Kier alpha value is -3.73. The predicted molar refractivity (Wildman–Crippen MR) is 105 cm³/mol. The molecule has 0 spiro atoms. The molecule has 2 heterocycles. The lowest BCUT2D eigenvalue weighted by Crippen LogP contribution is -2.06. The smallest absolute Gasteiger partial charge is 0.190 e. The van der Waals surface area contributed by atoms with E-state index in [1.807, 2.05) is 0 Å². The van der Waals surface area contributed by atoms with E-state index in [-0.39, 0.29) is 27.9 Å². The van der Waals surface area contributed by atoms with Crippen LogP contribution in [0.3, 0.4) is 0 Å². The Kier molecular flexibility index (Phi) is 4.74. The van der Waals surface area contributed by atoms with E-state index in [2.05, 4.69) is 20.2 Å². The van der Waals surface area contributed by atoms with Crippen molar-refractivity contribution in [3.8, 4) is 28.5 Å². The first-order valence-electron chi connectivity index (χ1n) is 8.53. The normalized spacial score (nSPS) is 11.6. The highest BCUT2D eigenvalue weighted by atomic mass is 32.2. The van der Waals surface area contributed by atoms with Crippen LogP contribution in [0.5, 0.6) is 0 Å². The predicted octanol–water partition coefficient (Wildman–Crippen LogP) is 2.66. The van der Waals surface area contributed by atoms with E-state index in [1.165, 1.54) is 41.4 Å². The average molecular weight is 428 g/mol. The molecule has 2 N–H and O–H groups in total. The van der Waals surface area contributed by atoms with E-state index in [0.717, 1.165) is 12.3 Å². The van der Waals surface area contributed by atoms with Crippen molar-refractivity contribution in [1.29, 1.82) is 0 Å². The molecule has 0 atom stereocenters. The van der Waals surface area contributed by atoms with Crippen molar-refractivity contribution in [2.24, 2.45) is 0 Å². The molecule has 0 fully saturated rings. The summed E-state index contributed by atoms with van der Waals surface area (Å²) in [4.78, 5) is 8.71. The van der Waals surface area contributed by atoms with Crippen molar-refractivity contribution in [2.75, 3.05) is 12.0 Å². The Morgan fingerprint density at radius 1 is 1.07 bits per heavy atom. The molecule has 0 amide bonds. The second-order valence-corrected chi connectivity index (χ2v) is 8.40. The lowest BCUT2D eigenvalue weighted by atomic mass is 10.1. The van der Waals surface area contributed by atoms with Gasteiger partial charge in [-0.25, -0.2) is 27.2 Å². The van der Waals surface area contributed by atoms with Gasteiger partial charge in [0, 0.05) is 11.8 Å². The van der Waals surface area contributed by atoms with Gasteiger partial charge in [0.15, 0.2) is 38.8 Å². The molecular weight excluding hydrogens is 414 g/mol. The molecule has 0 radical (unpaired) electrons. The molecule has 0 aliphatic carbocycles. The summed E-state index contributed by atoms with van der Waals surface area (Å²) in [5.41, 5.74) is 6.92. The number of benzene rings is 2. The fourth-order valence-corrected chi connectivity index (χ4v) is 3.46. The largest absolute Gasteiger partial charge is 0.382 e. The minimum atomic E-state index is -3.34. The summed E-state index contributed by atoms with van der Waals surface area (Å²) in [6, 6.07) is 9.78.